The maximum atomic E-state index is 10.4. The molecule has 156 valence electrons. The first-order valence-electron chi connectivity index (χ1n) is 11.5. The van der Waals surface area contributed by atoms with Gasteiger partial charge in [0.05, 0.1) is 26.4 Å². The Morgan fingerprint density at radius 3 is 2.54 bits per heavy atom. The van der Waals surface area contributed by atoms with Crippen LogP contribution in [-0.4, -0.2) is 49.7 Å². The highest BCUT2D eigenvalue weighted by Crippen LogP contribution is 2.68. The molecule has 0 aromatic rings. The zero-order valence-electron chi connectivity index (χ0n) is 17.0. The number of allylic oxidation sites excluding steroid dienone is 1. The third kappa shape index (κ3) is 2.31. The van der Waals surface area contributed by atoms with Gasteiger partial charge in [-0.15, -0.1) is 0 Å². The number of aliphatic hydroxyl groups is 1. The van der Waals surface area contributed by atoms with Crippen LogP contribution < -0.4 is 0 Å². The Balaban J connectivity index is 1.33. The van der Waals surface area contributed by atoms with E-state index >= 15 is 0 Å². The highest BCUT2D eigenvalue weighted by Gasteiger charge is 2.67. The first-order valence-corrected chi connectivity index (χ1v) is 11.5. The molecule has 6 atom stereocenters. The van der Waals surface area contributed by atoms with Gasteiger partial charge >= 0.3 is 0 Å². The van der Waals surface area contributed by atoms with E-state index in [1.165, 1.54) is 12.0 Å². The minimum Gasteiger partial charge on any atom is -0.396 e. The lowest BCUT2D eigenvalue weighted by Gasteiger charge is -2.58. The van der Waals surface area contributed by atoms with Crippen LogP contribution in [0, 0.1) is 35.0 Å². The lowest BCUT2D eigenvalue weighted by molar-refractivity contribution is -0.250. The van der Waals surface area contributed by atoms with Gasteiger partial charge in [0.2, 0.25) is 0 Å². The summed E-state index contributed by atoms with van der Waals surface area (Å²) in [5.41, 5.74) is 1.56. The normalized spacial score (nSPS) is 48.4. The molecular weight excluding hydrogens is 356 g/mol. The van der Waals surface area contributed by atoms with Gasteiger partial charge in [0.15, 0.2) is 11.6 Å². The van der Waals surface area contributed by atoms with Gasteiger partial charge in [0.1, 0.15) is 0 Å². The van der Waals surface area contributed by atoms with E-state index in [9.17, 15) is 5.11 Å². The maximum absolute atomic E-state index is 10.4. The zero-order chi connectivity index (χ0) is 19.0. The quantitative estimate of drug-likeness (QED) is 0.697. The summed E-state index contributed by atoms with van der Waals surface area (Å²) in [4.78, 5) is 0. The van der Waals surface area contributed by atoms with E-state index in [1.807, 2.05) is 0 Å². The van der Waals surface area contributed by atoms with Crippen molar-refractivity contribution in [3.05, 3.63) is 11.6 Å². The van der Waals surface area contributed by atoms with E-state index in [1.54, 1.807) is 0 Å². The molecule has 6 rings (SSSR count). The van der Waals surface area contributed by atoms with Crippen LogP contribution in [-0.2, 0) is 18.9 Å². The van der Waals surface area contributed by atoms with E-state index in [2.05, 4.69) is 13.0 Å². The van der Waals surface area contributed by atoms with Crippen molar-refractivity contribution in [1.82, 2.24) is 0 Å². The Hall–Kier alpha value is -0.460. The van der Waals surface area contributed by atoms with E-state index < -0.39 is 5.79 Å². The summed E-state index contributed by atoms with van der Waals surface area (Å²) in [6.45, 7) is 5.56. The smallest absolute Gasteiger partial charge is 0.174 e. The average Bonchev–Trinajstić information content (AvgIpc) is 3.43. The second-order valence-electron chi connectivity index (χ2n) is 10.3. The molecule has 28 heavy (non-hydrogen) atoms. The fraction of sp³-hybridized carbons (Fsp3) is 0.913. The predicted octanol–water partition coefficient (Wildman–Crippen LogP) is 3.26. The molecule has 0 radical (unpaired) electrons. The largest absolute Gasteiger partial charge is 0.396 e. The molecule has 5 nitrogen and oxygen atoms in total. The van der Waals surface area contributed by atoms with Crippen molar-refractivity contribution in [2.45, 2.75) is 63.4 Å². The van der Waals surface area contributed by atoms with Crippen LogP contribution in [0.3, 0.4) is 0 Å². The van der Waals surface area contributed by atoms with Gasteiger partial charge in [-0.1, -0.05) is 18.6 Å². The Kier molecular flexibility index (Phi) is 4.10. The zero-order valence-corrected chi connectivity index (χ0v) is 17.0. The van der Waals surface area contributed by atoms with Crippen LogP contribution in [0.1, 0.15) is 51.9 Å². The van der Waals surface area contributed by atoms with Gasteiger partial charge in [-0.25, -0.2) is 0 Å². The van der Waals surface area contributed by atoms with Crippen molar-refractivity contribution in [1.29, 1.82) is 0 Å². The fourth-order valence-corrected chi connectivity index (χ4v) is 8.37. The topological polar surface area (TPSA) is 57.2 Å². The standard InChI is InChI=1S/C23H34O5/c1-21-12-16(14-24)20-17-4-6-22(25-8-9-26-22)13-15(17)2-3-18(20)19(21)5-7-23(21)27-10-11-28-23/h2,16-20,24H,3-14H2,1H3/t16-,17+,18+,19+,20-,21+/m1/s1. The second kappa shape index (κ2) is 6.27. The van der Waals surface area contributed by atoms with Crippen molar-refractivity contribution >= 4 is 0 Å². The van der Waals surface area contributed by atoms with Gasteiger partial charge in [-0.2, -0.15) is 0 Å². The summed E-state index contributed by atoms with van der Waals surface area (Å²) in [5, 5.41) is 10.4. The molecule has 1 N–H and O–H groups in total. The summed E-state index contributed by atoms with van der Waals surface area (Å²) >= 11 is 0. The summed E-state index contributed by atoms with van der Waals surface area (Å²) in [5.74, 6) is 2.02. The van der Waals surface area contributed by atoms with E-state index in [4.69, 9.17) is 18.9 Å². The molecule has 0 aromatic carbocycles. The van der Waals surface area contributed by atoms with Crippen LogP contribution in [0.5, 0.6) is 0 Å². The van der Waals surface area contributed by atoms with Gasteiger partial charge in [-0.3, -0.25) is 0 Å². The molecule has 2 saturated heterocycles. The van der Waals surface area contributed by atoms with Crippen LogP contribution in [0.25, 0.3) is 0 Å². The molecule has 0 amide bonds. The average molecular weight is 391 g/mol. The molecule has 0 bridgehead atoms. The van der Waals surface area contributed by atoms with E-state index in [0.717, 1.165) is 65.0 Å². The highest BCUT2D eigenvalue weighted by atomic mass is 16.7. The molecule has 3 saturated carbocycles. The number of fused-ring (bicyclic) bond motifs is 6. The number of ether oxygens (including phenoxy) is 4. The Morgan fingerprint density at radius 1 is 1.04 bits per heavy atom. The van der Waals surface area contributed by atoms with Gasteiger partial charge in [-0.05, 0) is 55.3 Å². The molecule has 2 heterocycles. The van der Waals surface area contributed by atoms with Crippen molar-refractivity contribution in [3.63, 3.8) is 0 Å². The van der Waals surface area contributed by atoms with Gasteiger partial charge < -0.3 is 24.1 Å². The molecule has 2 aliphatic heterocycles. The van der Waals surface area contributed by atoms with Crippen LogP contribution in [0.4, 0.5) is 0 Å². The van der Waals surface area contributed by atoms with Crippen molar-refractivity contribution in [2.24, 2.45) is 35.0 Å². The van der Waals surface area contributed by atoms with Crippen LogP contribution in [0.15, 0.2) is 11.6 Å². The molecule has 5 fully saturated rings. The third-order valence-electron chi connectivity index (χ3n) is 9.42. The minimum absolute atomic E-state index is 0.0248. The number of hydrogen-bond acceptors (Lipinski definition) is 5. The monoisotopic (exact) mass is 390 g/mol. The SMILES string of the molecule is C[C@]12C[C@H](CO)[C@H]3[C@@H](CC=C4CC5(CC[C@@H]43)OCCO5)[C@@H]1CCC21OCCO1. The Morgan fingerprint density at radius 2 is 1.79 bits per heavy atom. The van der Waals surface area contributed by atoms with Crippen LogP contribution >= 0.6 is 0 Å². The summed E-state index contributed by atoms with van der Waals surface area (Å²) in [7, 11) is 0. The summed E-state index contributed by atoms with van der Waals surface area (Å²) < 4.78 is 24.6. The minimum atomic E-state index is -0.401. The van der Waals surface area contributed by atoms with Gasteiger partial charge in [0, 0.05) is 31.3 Å². The molecule has 0 aromatic heterocycles. The second-order valence-corrected chi connectivity index (χ2v) is 10.3. The lowest BCUT2D eigenvalue weighted by atomic mass is 9.49. The summed E-state index contributed by atoms with van der Waals surface area (Å²) in [6.07, 6.45) is 9.93. The highest BCUT2D eigenvalue weighted by molar-refractivity contribution is 5.23. The van der Waals surface area contributed by atoms with Gasteiger partial charge in [0.25, 0.3) is 0 Å². The third-order valence-corrected chi connectivity index (χ3v) is 9.42. The van der Waals surface area contributed by atoms with E-state index in [0.29, 0.717) is 29.6 Å². The first-order chi connectivity index (χ1) is 13.6. The molecule has 4 aliphatic carbocycles. The van der Waals surface area contributed by atoms with Crippen molar-refractivity contribution < 1.29 is 24.1 Å². The molecule has 2 spiro atoms. The summed E-state index contributed by atoms with van der Waals surface area (Å²) in [6, 6.07) is 0. The fourth-order valence-electron chi connectivity index (χ4n) is 8.37. The number of aliphatic hydroxyl groups excluding tert-OH is 1. The van der Waals surface area contributed by atoms with Crippen molar-refractivity contribution in [2.75, 3.05) is 33.0 Å². The van der Waals surface area contributed by atoms with Crippen LogP contribution in [0.2, 0.25) is 0 Å². The number of rotatable bonds is 1. The molecule has 5 heteroatoms. The first kappa shape index (κ1) is 18.3. The predicted molar refractivity (Wildman–Crippen MR) is 102 cm³/mol. The van der Waals surface area contributed by atoms with E-state index in [-0.39, 0.29) is 17.8 Å². The Labute approximate surface area is 167 Å². The Bertz CT molecular complexity index is 662. The lowest BCUT2D eigenvalue weighted by Crippen LogP contribution is -2.57. The molecule has 6 aliphatic rings. The molecular formula is C23H34O5. The number of hydrogen-bond donors (Lipinski definition) is 1. The molecule has 0 unspecified atom stereocenters. The maximum Gasteiger partial charge on any atom is 0.174 e. The van der Waals surface area contributed by atoms with Crippen molar-refractivity contribution in [3.8, 4) is 0 Å².